The molecule has 68 heavy (non-hydrogen) atoms. The zero-order valence-electron chi connectivity index (χ0n) is 43.0. The number of unbranched alkanes of at least 4 members (excludes halogenated alkanes) is 13. The third-order valence-corrected chi connectivity index (χ3v) is 10.4. The number of ether oxygens (including phenoxy) is 3. The summed E-state index contributed by atoms with van der Waals surface area (Å²) in [5.41, 5.74) is 0. The number of carbonyl (C=O) groups excluding carboxylic acids is 3. The van der Waals surface area contributed by atoms with E-state index in [0.717, 1.165) is 96.3 Å². The van der Waals surface area contributed by atoms with Crippen LogP contribution in [0, 0.1) is 0 Å². The summed E-state index contributed by atoms with van der Waals surface area (Å²) in [6.45, 7) is 6.20. The van der Waals surface area contributed by atoms with Gasteiger partial charge in [0.25, 0.3) is 0 Å². The Labute approximate surface area is 416 Å². The van der Waals surface area contributed by atoms with Crippen molar-refractivity contribution >= 4 is 17.9 Å². The molecule has 0 radical (unpaired) electrons. The molecule has 0 aromatic heterocycles. The van der Waals surface area contributed by atoms with Crippen molar-refractivity contribution in [3.05, 3.63) is 158 Å². The van der Waals surface area contributed by atoms with Crippen molar-refractivity contribution in [1.82, 2.24) is 0 Å². The van der Waals surface area contributed by atoms with Crippen LogP contribution in [0.25, 0.3) is 0 Å². The molecule has 1 atom stereocenters. The smallest absolute Gasteiger partial charge is 0.306 e. The van der Waals surface area contributed by atoms with Gasteiger partial charge >= 0.3 is 17.9 Å². The minimum atomic E-state index is -0.853. The van der Waals surface area contributed by atoms with Gasteiger partial charge in [-0.15, -0.1) is 0 Å². The summed E-state index contributed by atoms with van der Waals surface area (Å²) in [4.78, 5) is 38.0. The van der Waals surface area contributed by atoms with Crippen molar-refractivity contribution in [2.75, 3.05) is 13.2 Å². The molecule has 0 aromatic rings. The second-order valence-corrected chi connectivity index (χ2v) is 16.8. The van der Waals surface area contributed by atoms with Crippen molar-refractivity contribution in [3.8, 4) is 0 Å². The molecule has 0 amide bonds. The summed E-state index contributed by atoms with van der Waals surface area (Å²) >= 11 is 0. The van der Waals surface area contributed by atoms with E-state index in [2.05, 4.69) is 112 Å². The lowest BCUT2D eigenvalue weighted by Gasteiger charge is -2.18. The molecular formula is C62H94O6. The minimum Gasteiger partial charge on any atom is -0.462 e. The van der Waals surface area contributed by atoms with Crippen LogP contribution in [0.4, 0.5) is 0 Å². The number of allylic oxidation sites excluding steroid dienone is 26. The minimum absolute atomic E-state index is 0.152. The van der Waals surface area contributed by atoms with Crippen molar-refractivity contribution in [1.29, 1.82) is 0 Å². The molecule has 1 unspecified atom stereocenters. The van der Waals surface area contributed by atoms with Gasteiger partial charge in [-0.05, 0) is 96.3 Å². The van der Waals surface area contributed by atoms with E-state index in [1.54, 1.807) is 0 Å². The Bertz CT molecular complexity index is 1590. The van der Waals surface area contributed by atoms with Crippen LogP contribution in [-0.2, 0) is 28.6 Å². The summed E-state index contributed by atoms with van der Waals surface area (Å²) in [5.74, 6) is -1.13. The summed E-state index contributed by atoms with van der Waals surface area (Å²) in [6, 6.07) is 0. The Kier molecular flexibility index (Phi) is 50.6. The highest BCUT2D eigenvalue weighted by atomic mass is 16.6. The molecule has 378 valence electrons. The van der Waals surface area contributed by atoms with Crippen molar-refractivity contribution in [2.45, 2.75) is 200 Å². The maximum atomic E-state index is 12.8. The monoisotopic (exact) mass is 935 g/mol. The van der Waals surface area contributed by atoms with E-state index >= 15 is 0 Å². The second kappa shape index (κ2) is 54.6. The fraction of sp³-hybridized carbons (Fsp3) is 0.532. The molecule has 0 aliphatic rings. The maximum absolute atomic E-state index is 12.8. The summed E-state index contributed by atoms with van der Waals surface area (Å²) in [6.07, 6.45) is 79.6. The molecule has 0 aromatic carbocycles. The van der Waals surface area contributed by atoms with Gasteiger partial charge in [-0.2, -0.15) is 0 Å². The molecule has 6 heteroatoms. The lowest BCUT2D eigenvalue weighted by molar-refractivity contribution is -0.166. The van der Waals surface area contributed by atoms with E-state index in [1.165, 1.54) is 44.9 Å². The molecule has 0 aliphatic carbocycles. The van der Waals surface area contributed by atoms with Crippen molar-refractivity contribution in [2.24, 2.45) is 0 Å². The molecule has 0 saturated heterocycles. The van der Waals surface area contributed by atoms with Gasteiger partial charge in [-0.1, -0.05) is 237 Å². The number of carbonyl (C=O) groups is 3. The fourth-order valence-electron chi connectivity index (χ4n) is 6.49. The van der Waals surface area contributed by atoms with Crippen molar-refractivity contribution in [3.63, 3.8) is 0 Å². The second-order valence-electron chi connectivity index (χ2n) is 16.8. The lowest BCUT2D eigenvalue weighted by atomic mass is 10.1. The maximum Gasteiger partial charge on any atom is 0.306 e. The SMILES string of the molecule is CC/C=C/C=C/C=C/C=C/C=C/CCCC(=O)OCC(COC(=O)CC/C=C/C/C=C/C/C=C/C/C=C/C/C=C/C/C=C/CC)OC(=O)CCCCCCC/C=C/C=C/CCCCCCCCC. The number of hydrogen-bond acceptors (Lipinski definition) is 6. The van der Waals surface area contributed by atoms with Crippen LogP contribution >= 0.6 is 0 Å². The third kappa shape index (κ3) is 52.0. The predicted molar refractivity (Wildman–Crippen MR) is 292 cm³/mol. The van der Waals surface area contributed by atoms with E-state index in [-0.39, 0.29) is 50.4 Å². The third-order valence-electron chi connectivity index (χ3n) is 10.4. The van der Waals surface area contributed by atoms with Gasteiger partial charge in [0.1, 0.15) is 13.2 Å². The number of esters is 3. The largest absolute Gasteiger partial charge is 0.462 e. The highest BCUT2D eigenvalue weighted by Crippen LogP contribution is 2.12. The van der Waals surface area contributed by atoms with Gasteiger partial charge in [-0.25, -0.2) is 0 Å². The molecule has 0 fully saturated rings. The van der Waals surface area contributed by atoms with Crippen LogP contribution in [0.3, 0.4) is 0 Å². The van der Waals surface area contributed by atoms with Gasteiger partial charge in [0, 0.05) is 19.3 Å². The van der Waals surface area contributed by atoms with E-state index in [1.807, 2.05) is 66.8 Å². The average molecular weight is 935 g/mol. The molecule has 0 spiro atoms. The normalized spacial score (nSPS) is 13.4. The Balaban J connectivity index is 4.64. The average Bonchev–Trinajstić information content (AvgIpc) is 3.34. The molecule has 0 bridgehead atoms. The predicted octanol–water partition coefficient (Wildman–Crippen LogP) is 17.8. The fourth-order valence-corrected chi connectivity index (χ4v) is 6.49. The summed E-state index contributed by atoms with van der Waals surface area (Å²) in [7, 11) is 0. The van der Waals surface area contributed by atoms with Crippen LogP contribution in [0.2, 0.25) is 0 Å². The molecule has 6 nitrogen and oxygen atoms in total. The van der Waals surface area contributed by atoms with Crippen LogP contribution in [0.1, 0.15) is 194 Å². The molecule has 0 rings (SSSR count). The van der Waals surface area contributed by atoms with Gasteiger partial charge < -0.3 is 14.2 Å². The summed E-state index contributed by atoms with van der Waals surface area (Å²) < 4.78 is 16.7. The Morgan fingerprint density at radius 1 is 0.324 bits per heavy atom. The number of rotatable bonds is 45. The molecule has 0 aliphatic heterocycles. The molecule has 0 N–H and O–H groups in total. The highest BCUT2D eigenvalue weighted by molar-refractivity contribution is 5.71. The number of hydrogen-bond donors (Lipinski definition) is 0. The van der Waals surface area contributed by atoms with Crippen LogP contribution in [0.5, 0.6) is 0 Å². The van der Waals surface area contributed by atoms with Gasteiger partial charge in [-0.3, -0.25) is 14.4 Å². The van der Waals surface area contributed by atoms with E-state index < -0.39 is 6.10 Å². The van der Waals surface area contributed by atoms with Gasteiger partial charge in [0.05, 0.1) is 0 Å². The zero-order chi connectivity index (χ0) is 49.3. The summed E-state index contributed by atoms with van der Waals surface area (Å²) in [5, 5.41) is 0. The molecular weight excluding hydrogens is 841 g/mol. The van der Waals surface area contributed by atoms with Gasteiger partial charge in [0.2, 0.25) is 0 Å². The van der Waals surface area contributed by atoms with Crippen molar-refractivity contribution < 1.29 is 28.6 Å². The highest BCUT2D eigenvalue weighted by Gasteiger charge is 2.19. The Morgan fingerprint density at radius 2 is 0.691 bits per heavy atom. The first-order valence-corrected chi connectivity index (χ1v) is 26.6. The van der Waals surface area contributed by atoms with Crippen LogP contribution in [-0.4, -0.2) is 37.2 Å². The van der Waals surface area contributed by atoms with E-state index in [4.69, 9.17) is 14.2 Å². The van der Waals surface area contributed by atoms with Crippen LogP contribution < -0.4 is 0 Å². The molecule has 0 heterocycles. The van der Waals surface area contributed by atoms with Gasteiger partial charge in [0.15, 0.2) is 6.10 Å². The molecule has 0 saturated carbocycles. The quantitative estimate of drug-likeness (QED) is 0.0199. The first kappa shape index (κ1) is 63.0. The van der Waals surface area contributed by atoms with E-state index in [9.17, 15) is 14.4 Å². The topological polar surface area (TPSA) is 78.9 Å². The first-order chi connectivity index (χ1) is 33.5. The first-order valence-electron chi connectivity index (χ1n) is 26.6. The standard InChI is InChI=1S/C62H94O6/c1-4-7-10-13-16-19-22-25-27-29-31-33-34-37-40-43-46-49-52-55-61(64)67-58-59(57-66-60(63)54-51-48-45-42-39-36-24-21-18-15-12-9-6-3)68-62(65)56-53-50-47-44-41-38-35-32-30-28-26-23-20-17-14-11-8-5-2/h7,9-10,12,15-16,18-19,21,24-25,27-28,30-33,35-37,39-40,42,45-46,49,59H,4-6,8,11,13-14,17,20,22-23,26,29,34,38,41,43-44,47-48,50-58H2,1-3H3/b10-7+,12-9+,18-15+,19-16+,24-21+,27-25+,30-28+,33-31+,35-32+,39-36+,40-37+,45-42+,49-46+. The van der Waals surface area contributed by atoms with Crippen LogP contribution in [0.15, 0.2) is 158 Å². The lowest BCUT2D eigenvalue weighted by Crippen LogP contribution is -2.30. The zero-order valence-corrected chi connectivity index (χ0v) is 43.0. The Morgan fingerprint density at radius 3 is 1.19 bits per heavy atom. The van der Waals surface area contributed by atoms with E-state index in [0.29, 0.717) is 12.8 Å². The Hall–Kier alpha value is -4.97.